The molecule has 0 aromatic heterocycles. The van der Waals surface area contributed by atoms with Crippen LogP contribution in [0.2, 0.25) is 0 Å². The van der Waals surface area contributed by atoms with Gasteiger partial charge < -0.3 is 24.8 Å². The predicted octanol–water partition coefficient (Wildman–Crippen LogP) is 1.41. The Labute approximate surface area is 126 Å². The summed E-state index contributed by atoms with van der Waals surface area (Å²) in [5.41, 5.74) is 1.09. The zero-order chi connectivity index (χ0) is 15.5. The Kier molecular flexibility index (Phi) is 8.04. The van der Waals surface area contributed by atoms with E-state index in [-0.39, 0.29) is 0 Å². The van der Waals surface area contributed by atoms with Gasteiger partial charge in [0, 0.05) is 27.2 Å². The van der Waals surface area contributed by atoms with Crippen molar-refractivity contribution in [1.29, 1.82) is 0 Å². The Morgan fingerprint density at radius 2 is 2.00 bits per heavy atom. The van der Waals surface area contributed by atoms with Gasteiger partial charge in [0.1, 0.15) is 0 Å². The molecule has 1 aromatic rings. The highest BCUT2D eigenvalue weighted by molar-refractivity contribution is 5.79. The number of hydrogen-bond donors (Lipinski definition) is 2. The van der Waals surface area contributed by atoms with Crippen LogP contribution in [0, 0.1) is 0 Å². The molecule has 0 atom stereocenters. The molecule has 6 nitrogen and oxygen atoms in total. The molecule has 1 aromatic carbocycles. The third kappa shape index (κ3) is 5.91. The monoisotopic (exact) mass is 295 g/mol. The van der Waals surface area contributed by atoms with Crippen LogP contribution in [0.5, 0.6) is 11.5 Å². The van der Waals surface area contributed by atoms with Crippen molar-refractivity contribution in [3.63, 3.8) is 0 Å². The summed E-state index contributed by atoms with van der Waals surface area (Å²) in [7, 11) is 5.05. The van der Waals surface area contributed by atoms with E-state index in [2.05, 4.69) is 15.6 Å². The number of ether oxygens (including phenoxy) is 3. The Morgan fingerprint density at radius 3 is 2.62 bits per heavy atom. The second-order valence-electron chi connectivity index (χ2n) is 4.26. The van der Waals surface area contributed by atoms with Gasteiger partial charge in [0.25, 0.3) is 0 Å². The first-order valence-corrected chi connectivity index (χ1v) is 6.98. The molecule has 1 rings (SSSR count). The molecule has 0 bridgehead atoms. The summed E-state index contributed by atoms with van der Waals surface area (Å²) in [6.07, 6.45) is 0. The molecular formula is C15H25N3O3. The van der Waals surface area contributed by atoms with Crippen LogP contribution >= 0.6 is 0 Å². The molecule has 0 spiro atoms. The first kappa shape index (κ1) is 17.1. The van der Waals surface area contributed by atoms with Crippen LogP contribution in [0.4, 0.5) is 0 Å². The van der Waals surface area contributed by atoms with Gasteiger partial charge in [0.15, 0.2) is 17.5 Å². The van der Waals surface area contributed by atoms with Gasteiger partial charge in [-0.15, -0.1) is 0 Å². The second-order valence-corrected chi connectivity index (χ2v) is 4.26. The van der Waals surface area contributed by atoms with Crippen LogP contribution < -0.4 is 20.1 Å². The number of methoxy groups -OCH3 is 2. The molecular weight excluding hydrogens is 270 g/mol. The molecule has 2 N–H and O–H groups in total. The highest BCUT2D eigenvalue weighted by Crippen LogP contribution is 2.27. The first-order valence-electron chi connectivity index (χ1n) is 6.98. The zero-order valence-electron chi connectivity index (χ0n) is 13.2. The van der Waals surface area contributed by atoms with E-state index in [1.807, 2.05) is 25.1 Å². The molecule has 6 heteroatoms. The minimum atomic E-state index is 0.615. The number of aliphatic imine (C=N–C) groups is 1. The number of hydrogen-bond acceptors (Lipinski definition) is 4. The van der Waals surface area contributed by atoms with Gasteiger partial charge >= 0.3 is 0 Å². The van der Waals surface area contributed by atoms with Crippen molar-refractivity contribution in [1.82, 2.24) is 10.6 Å². The van der Waals surface area contributed by atoms with Crippen molar-refractivity contribution < 1.29 is 14.2 Å². The van der Waals surface area contributed by atoms with Crippen LogP contribution in [0.25, 0.3) is 0 Å². The Bertz CT molecular complexity index is 450. The smallest absolute Gasteiger partial charge is 0.191 e. The third-order valence-electron chi connectivity index (χ3n) is 2.81. The molecule has 0 aliphatic carbocycles. The maximum Gasteiger partial charge on any atom is 0.191 e. The summed E-state index contributed by atoms with van der Waals surface area (Å²) >= 11 is 0. The van der Waals surface area contributed by atoms with Crippen molar-refractivity contribution in [2.24, 2.45) is 4.99 Å². The van der Waals surface area contributed by atoms with Gasteiger partial charge in [-0.3, -0.25) is 4.99 Å². The van der Waals surface area contributed by atoms with Crippen LogP contribution in [0.3, 0.4) is 0 Å². The average Bonchev–Trinajstić information content (AvgIpc) is 2.52. The van der Waals surface area contributed by atoms with Gasteiger partial charge in [0.05, 0.1) is 20.3 Å². The van der Waals surface area contributed by atoms with Crippen molar-refractivity contribution in [3.8, 4) is 11.5 Å². The summed E-state index contributed by atoms with van der Waals surface area (Å²) in [6.45, 7) is 4.56. The Morgan fingerprint density at radius 1 is 1.19 bits per heavy atom. The maximum absolute atomic E-state index is 5.50. The van der Waals surface area contributed by atoms with E-state index >= 15 is 0 Å². The largest absolute Gasteiger partial charge is 0.493 e. The van der Waals surface area contributed by atoms with Gasteiger partial charge in [-0.05, 0) is 24.6 Å². The van der Waals surface area contributed by atoms with E-state index in [1.165, 1.54) is 0 Å². The van der Waals surface area contributed by atoms with E-state index in [9.17, 15) is 0 Å². The maximum atomic E-state index is 5.50. The SMILES string of the molecule is CCOc1ccc(CNC(=NC)NCCOC)cc1OC. The molecule has 0 saturated heterocycles. The third-order valence-corrected chi connectivity index (χ3v) is 2.81. The minimum Gasteiger partial charge on any atom is -0.493 e. The minimum absolute atomic E-state index is 0.615. The lowest BCUT2D eigenvalue weighted by molar-refractivity contribution is 0.203. The lowest BCUT2D eigenvalue weighted by Gasteiger charge is -2.13. The van der Waals surface area contributed by atoms with Crippen molar-refractivity contribution >= 4 is 5.96 Å². The molecule has 0 radical (unpaired) electrons. The fourth-order valence-corrected chi connectivity index (χ4v) is 1.77. The standard InChI is InChI=1S/C15H25N3O3/c1-5-21-13-7-6-12(10-14(13)20-4)11-18-15(16-2)17-8-9-19-3/h6-7,10H,5,8-9,11H2,1-4H3,(H2,16,17,18). The number of nitrogens with zero attached hydrogens (tertiary/aromatic N) is 1. The van der Waals surface area contributed by atoms with Gasteiger partial charge in [-0.2, -0.15) is 0 Å². The topological polar surface area (TPSA) is 64.1 Å². The van der Waals surface area contributed by atoms with Crippen LogP contribution in [0.15, 0.2) is 23.2 Å². The molecule has 21 heavy (non-hydrogen) atoms. The molecule has 0 heterocycles. The molecule has 0 aliphatic heterocycles. The Hall–Kier alpha value is -1.95. The summed E-state index contributed by atoms with van der Waals surface area (Å²) < 4.78 is 15.8. The van der Waals surface area contributed by atoms with Crippen molar-refractivity contribution in [2.45, 2.75) is 13.5 Å². The molecule has 0 aliphatic rings. The second kappa shape index (κ2) is 9.88. The lowest BCUT2D eigenvalue weighted by Crippen LogP contribution is -2.38. The lowest BCUT2D eigenvalue weighted by atomic mass is 10.2. The number of nitrogens with one attached hydrogen (secondary N) is 2. The molecule has 118 valence electrons. The van der Waals surface area contributed by atoms with Crippen LogP contribution in [0.1, 0.15) is 12.5 Å². The van der Waals surface area contributed by atoms with Crippen molar-refractivity contribution in [2.75, 3.05) is 41.0 Å². The van der Waals surface area contributed by atoms with Gasteiger partial charge in [0.2, 0.25) is 0 Å². The molecule has 0 amide bonds. The van der Waals surface area contributed by atoms with Gasteiger partial charge in [-0.1, -0.05) is 6.07 Å². The predicted molar refractivity (Wildman–Crippen MR) is 84.2 cm³/mol. The highest BCUT2D eigenvalue weighted by atomic mass is 16.5. The normalized spacial score (nSPS) is 11.1. The fraction of sp³-hybridized carbons (Fsp3) is 0.533. The van der Waals surface area contributed by atoms with E-state index in [0.29, 0.717) is 26.3 Å². The summed E-state index contributed by atoms with van der Waals surface area (Å²) in [6, 6.07) is 5.88. The molecule has 0 fully saturated rings. The zero-order valence-corrected chi connectivity index (χ0v) is 13.2. The summed E-state index contributed by atoms with van der Waals surface area (Å²) in [5.74, 6) is 2.23. The summed E-state index contributed by atoms with van der Waals surface area (Å²) in [5, 5.41) is 6.39. The van der Waals surface area contributed by atoms with Gasteiger partial charge in [-0.25, -0.2) is 0 Å². The van der Waals surface area contributed by atoms with E-state index in [4.69, 9.17) is 14.2 Å². The van der Waals surface area contributed by atoms with E-state index < -0.39 is 0 Å². The van der Waals surface area contributed by atoms with Crippen LogP contribution in [-0.2, 0) is 11.3 Å². The molecule has 0 saturated carbocycles. The molecule has 0 unspecified atom stereocenters. The quantitative estimate of drug-likeness (QED) is 0.431. The van der Waals surface area contributed by atoms with E-state index in [0.717, 1.165) is 23.0 Å². The Balaban J connectivity index is 2.58. The first-order chi connectivity index (χ1) is 10.2. The number of guanidine groups is 1. The van der Waals surface area contributed by atoms with E-state index in [1.54, 1.807) is 21.3 Å². The average molecular weight is 295 g/mol. The van der Waals surface area contributed by atoms with Crippen molar-refractivity contribution in [3.05, 3.63) is 23.8 Å². The summed E-state index contributed by atoms with van der Waals surface area (Å²) in [4.78, 5) is 4.15. The highest BCUT2D eigenvalue weighted by Gasteiger charge is 2.05. The number of benzene rings is 1. The van der Waals surface area contributed by atoms with Crippen LogP contribution in [-0.4, -0.2) is 47.0 Å². The number of rotatable bonds is 8. The fourth-order valence-electron chi connectivity index (χ4n) is 1.77.